The number of amides is 1. The van der Waals surface area contributed by atoms with Gasteiger partial charge in [-0.25, -0.2) is 4.39 Å². The van der Waals surface area contributed by atoms with Gasteiger partial charge >= 0.3 is 0 Å². The molecule has 0 saturated heterocycles. The molecule has 88 valence electrons. The molecule has 0 unspecified atom stereocenters. The maximum Gasteiger partial charge on any atom is 0.256 e. The number of halogens is 1. The van der Waals surface area contributed by atoms with E-state index in [0.717, 1.165) is 0 Å². The minimum atomic E-state index is -0.445. The molecule has 5 nitrogen and oxygen atoms in total. The first-order valence-electron chi connectivity index (χ1n) is 4.94. The largest absolute Gasteiger partial charge is 0.394 e. The van der Waals surface area contributed by atoms with Crippen molar-refractivity contribution in [3.63, 3.8) is 0 Å². The number of hydrogen-bond donors (Lipinski definition) is 3. The number of benzene rings is 1. The van der Waals surface area contributed by atoms with Crippen molar-refractivity contribution in [3.8, 4) is 0 Å². The monoisotopic (exact) mass is 234 g/mol. The maximum absolute atomic E-state index is 13.3. The predicted octanol–water partition coefficient (Wildman–Crippen LogP) is 1.69. The van der Waals surface area contributed by atoms with Crippen molar-refractivity contribution in [2.75, 3.05) is 11.1 Å². The van der Waals surface area contributed by atoms with Crippen LogP contribution in [0.15, 0.2) is 24.4 Å². The molecule has 0 fully saturated rings. The van der Waals surface area contributed by atoms with E-state index in [4.69, 9.17) is 5.73 Å². The fourth-order valence-electron chi connectivity index (χ4n) is 1.32. The SMILES string of the molecule is Cc1ccc(C(=O)Nc2[nH]ncc2N)cc1F. The maximum atomic E-state index is 13.3. The molecule has 0 radical (unpaired) electrons. The van der Waals surface area contributed by atoms with Crippen molar-refractivity contribution in [1.82, 2.24) is 10.2 Å². The van der Waals surface area contributed by atoms with Crippen molar-refractivity contribution in [2.24, 2.45) is 0 Å². The zero-order chi connectivity index (χ0) is 12.4. The second kappa shape index (κ2) is 4.25. The minimum Gasteiger partial charge on any atom is -0.394 e. The molecule has 0 saturated carbocycles. The quantitative estimate of drug-likeness (QED) is 0.739. The number of aromatic amines is 1. The number of aryl methyl sites for hydroxylation is 1. The molecule has 1 heterocycles. The number of carbonyl (C=O) groups excluding carboxylic acids is 1. The third-order valence-electron chi connectivity index (χ3n) is 2.34. The first-order valence-corrected chi connectivity index (χ1v) is 4.94. The van der Waals surface area contributed by atoms with Gasteiger partial charge in [-0.05, 0) is 24.6 Å². The highest BCUT2D eigenvalue weighted by atomic mass is 19.1. The average Bonchev–Trinajstić information content (AvgIpc) is 2.68. The van der Waals surface area contributed by atoms with Gasteiger partial charge in [-0.3, -0.25) is 9.89 Å². The van der Waals surface area contributed by atoms with Gasteiger partial charge in [-0.15, -0.1) is 0 Å². The summed E-state index contributed by atoms with van der Waals surface area (Å²) in [4.78, 5) is 11.7. The molecule has 0 bridgehead atoms. The van der Waals surface area contributed by atoms with Gasteiger partial charge in [-0.1, -0.05) is 6.07 Å². The molecule has 0 aliphatic carbocycles. The number of aromatic nitrogens is 2. The predicted molar refractivity (Wildman–Crippen MR) is 62.1 cm³/mol. The molecule has 4 N–H and O–H groups in total. The second-order valence-corrected chi connectivity index (χ2v) is 3.62. The van der Waals surface area contributed by atoms with Crippen LogP contribution in [0.1, 0.15) is 15.9 Å². The van der Waals surface area contributed by atoms with Crippen LogP contribution in [0, 0.1) is 12.7 Å². The van der Waals surface area contributed by atoms with Crippen molar-refractivity contribution in [1.29, 1.82) is 0 Å². The van der Waals surface area contributed by atoms with Crippen LogP contribution in [0.5, 0.6) is 0 Å². The lowest BCUT2D eigenvalue weighted by Crippen LogP contribution is -2.13. The molecule has 1 aromatic carbocycles. The third-order valence-corrected chi connectivity index (χ3v) is 2.34. The van der Waals surface area contributed by atoms with Crippen LogP contribution >= 0.6 is 0 Å². The minimum absolute atomic E-state index is 0.224. The van der Waals surface area contributed by atoms with Gasteiger partial charge in [0.1, 0.15) is 5.82 Å². The van der Waals surface area contributed by atoms with Crippen molar-refractivity contribution < 1.29 is 9.18 Å². The number of H-pyrrole nitrogens is 1. The molecule has 6 heteroatoms. The van der Waals surface area contributed by atoms with E-state index in [1.807, 2.05) is 0 Å². The van der Waals surface area contributed by atoms with Crippen molar-refractivity contribution in [2.45, 2.75) is 6.92 Å². The van der Waals surface area contributed by atoms with Gasteiger partial charge in [-0.2, -0.15) is 5.10 Å². The van der Waals surface area contributed by atoms with Gasteiger partial charge in [0, 0.05) is 5.56 Å². The number of nitrogen functional groups attached to an aromatic ring is 1. The summed E-state index contributed by atoms with van der Waals surface area (Å²) in [5, 5.41) is 8.70. The van der Waals surface area contributed by atoms with Gasteiger partial charge < -0.3 is 11.1 Å². The van der Waals surface area contributed by atoms with Gasteiger partial charge in [0.05, 0.1) is 11.9 Å². The Balaban J connectivity index is 2.20. The Kier molecular flexibility index (Phi) is 2.78. The van der Waals surface area contributed by atoms with E-state index in [9.17, 15) is 9.18 Å². The van der Waals surface area contributed by atoms with Crippen LogP contribution in [0.25, 0.3) is 0 Å². The average molecular weight is 234 g/mol. The number of nitrogens with two attached hydrogens (primary N) is 1. The van der Waals surface area contributed by atoms with Crippen LogP contribution in [0.3, 0.4) is 0 Å². The van der Waals surface area contributed by atoms with E-state index >= 15 is 0 Å². The Morgan fingerprint density at radius 3 is 2.88 bits per heavy atom. The summed E-state index contributed by atoms with van der Waals surface area (Å²) in [6.07, 6.45) is 1.38. The summed E-state index contributed by atoms with van der Waals surface area (Å²) in [5.74, 6) is -0.564. The number of anilines is 2. The Bertz CT molecular complexity index is 564. The van der Waals surface area contributed by atoms with Gasteiger partial charge in [0.2, 0.25) is 0 Å². The number of carbonyl (C=O) groups is 1. The Morgan fingerprint density at radius 2 is 2.29 bits per heavy atom. The van der Waals surface area contributed by atoms with Crippen LogP contribution < -0.4 is 11.1 Å². The van der Waals surface area contributed by atoms with Crippen molar-refractivity contribution in [3.05, 3.63) is 41.3 Å². The van der Waals surface area contributed by atoms with Crippen LogP contribution in [-0.4, -0.2) is 16.1 Å². The zero-order valence-corrected chi connectivity index (χ0v) is 9.12. The molecule has 0 atom stereocenters. The second-order valence-electron chi connectivity index (χ2n) is 3.62. The molecule has 0 aliphatic heterocycles. The Morgan fingerprint density at radius 1 is 1.53 bits per heavy atom. The molecule has 2 rings (SSSR count). The highest BCUT2D eigenvalue weighted by Crippen LogP contribution is 2.15. The van der Waals surface area contributed by atoms with E-state index in [1.54, 1.807) is 19.1 Å². The first-order chi connectivity index (χ1) is 8.08. The van der Waals surface area contributed by atoms with Crippen molar-refractivity contribution >= 4 is 17.4 Å². The van der Waals surface area contributed by atoms with E-state index in [1.165, 1.54) is 12.3 Å². The standard InChI is InChI=1S/C11H11FN4O/c1-6-2-3-7(4-8(6)12)11(17)15-10-9(13)5-14-16-10/h2-5H,13H2,1H3,(H2,14,15,16,17). The van der Waals surface area contributed by atoms with Crippen LogP contribution in [0.4, 0.5) is 15.9 Å². The van der Waals surface area contributed by atoms with Gasteiger partial charge in [0.15, 0.2) is 5.82 Å². The van der Waals surface area contributed by atoms with E-state index < -0.39 is 11.7 Å². The molecule has 2 aromatic rings. The molecule has 0 spiro atoms. The smallest absolute Gasteiger partial charge is 0.256 e. The molecule has 1 aromatic heterocycles. The zero-order valence-electron chi connectivity index (χ0n) is 9.12. The molecule has 17 heavy (non-hydrogen) atoms. The fraction of sp³-hybridized carbons (Fsp3) is 0.0909. The lowest BCUT2D eigenvalue weighted by atomic mass is 10.1. The summed E-state index contributed by atoms with van der Waals surface area (Å²) >= 11 is 0. The number of hydrogen-bond acceptors (Lipinski definition) is 3. The third kappa shape index (κ3) is 2.25. The summed E-state index contributed by atoms with van der Waals surface area (Å²) < 4.78 is 13.3. The molecular weight excluding hydrogens is 223 g/mol. The lowest BCUT2D eigenvalue weighted by Gasteiger charge is -2.04. The van der Waals surface area contributed by atoms with Crippen LogP contribution in [0.2, 0.25) is 0 Å². The Labute approximate surface area is 96.8 Å². The summed E-state index contributed by atoms with van der Waals surface area (Å²) in [6.45, 7) is 1.63. The molecule has 1 amide bonds. The van der Waals surface area contributed by atoms with Gasteiger partial charge in [0.25, 0.3) is 5.91 Å². The Hall–Kier alpha value is -2.37. The van der Waals surface area contributed by atoms with E-state index in [2.05, 4.69) is 15.5 Å². The summed E-state index contributed by atoms with van der Waals surface area (Å²) in [7, 11) is 0. The highest BCUT2D eigenvalue weighted by molar-refractivity contribution is 6.05. The fourth-order valence-corrected chi connectivity index (χ4v) is 1.32. The summed E-state index contributed by atoms with van der Waals surface area (Å²) in [5.41, 5.74) is 6.58. The van der Waals surface area contributed by atoms with E-state index in [-0.39, 0.29) is 5.56 Å². The first kappa shape index (κ1) is 11.1. The highest BCUT2D eigenvalue weighted by Gasteiger charge is 2.10. The lowest BCUT2D eigenvalue weighted by molar-refractivity contribution is 0.102. The van der Waals surface area contributed by atoms with Crippen LogP contribution in [-0.2, 0) is 0 Å². The molecular formula is C11H11FN4O. The number of rotatable bonds is 2. The normalized spacial score (nSPS) is 10.2. The number of nitrogens with one attached hydrogen (secondary N) is 2. The number of nitrogens with zero attached hydrogens (tertiary/aromatic N) is 1. The summed E-state index contributed by atoms with van der Waals surface area (Å²) in [6, 6.07) is 4.26. The molecule has 0 aliphatic rings. The topological polar surface area (TPSA) is 83.8 Å². The van der Waals surface area contributed by atoms with E-state index in [0.29, 0.717) is 17.1 Å².